The molecule has 180 valence electrons. The Balaban J connectivity index is 1.37. The third-order valence-electron chi connectivity index (χ3n) is 6.48. The number of nitrogens with zero attached hydrogens (tertiary/aromatic N) is 5. The molecule has 0 atom stereocenters. The molecule has 0 radical (unpaired) electrons. The number of nitrogens with one attached hydrogen (secondary N) is 1. The van der Waals surface area contributed by atoms with Crippen LogP contribution in [0.3, 0.4) is 0 Å². The zero-order valence-corrected chi connectivity index (χ0v) is 19.7. The lowest BCUT2D eigenvalue weighted by Crippen LogP contribution is -2.34. The van der Waals surface area contributed by atoms with Crippen molar-refractivity contribution >= 4 is 26.6 Å². The standard InChI is InChI=1S/C23H22N6O5S/c1-29-19-15(8-18(22(29)31)20(30)26-11-14-2-3-16(9-24)25-10-14)12-27-28-21(19)34-13-23(6-7-23)35(32,33)17-4-5-17/h2-3,8,10,12,17H,4-7,11,13H2,1H3,(H,26,30). The first kappa shape index (κ1) is 22.9. The molecule has 0 aliphatic heterocycles. The van der Waals surface area contributed by atoms with Crippen molar-refractivity contribution in [1.82, 2.24) is 25.1 Å². The van der Waals surface area contributed by atoms with E-state index in [0.717, 1.165) is 0 Å². The third kappa shape index (κ3) is 4.12. The van der Waals surface area contributed by atoms with Crippen LogP contribution in [0.25, 0.3) is 10.9 Å². The zero-order chi connectivity index (χ0) is 24.8. The van der Waals surface area contributed by atoms with E-state index in [4.69, 9.17) is 10.00 Å². The van der Waals surface area contributed by atoms with E-state index in [9.17, 15) is 18.0 Å². The first-order chi connectivity index (χ1) is 16.8. The molecule has 0 unspecified atom stereocenters. The van der Waals surface area contributed by atoms with Crippen molar-refractivity contribution in [3.63, 3.8) is 0 Å². The number of sulfone groups is 1. The Kier molecular flexibility index (Phi) is 5.52. The summed E-state index contributed by atoms with van der Waals surface area (Å²) in [4.78, 5) is 29.7. The normalized spacial score (nSPS) is 16.5. The molecular formula is C23H22N6O5S. The van der Waals surface area contributed by atoms with E-state index in [1.54, 1.807) is 12.1 Å². The van der Waals surface area contributed by atoms with E-state index in [-0.39, 0.29) is 35.5 Å². The summed E-state index contributed by atoms with van der Waals surface area (Å²) in [5.41, 5.74) is 0.623. The van der Waals surface area contributed by atoms with Gasteiger partial charge in [-0.05, 0) is 43.4 Å². The maximum atomic E-state index is 13.0. The summed E-state index contributed by atoms with van der Waals surface area (Å²) in [5, 5.41) is 19.6. The number of nitriles is 1. The maximum absolute atomic E-state index is 13.0. The predicted octanol–water partition coefficient (Wildman–Crippen LogP) is 1.01. The van der Waals surface area contributed by atoms with Crippen LogP contribution in [-0.2, 0) is 23.4 Å². The smallest absolute Gasteiger partial charge is 0.263 e. The lowest BCUT2D eigenvalue weighted by molar-refractivity contribution is 0.0949. The number of pyridine rings is 2. The molecule has 35 heavy (non-hydrogen) atoms. The summed E-state index contributed by atoms with van der Waals surface area (Å²) in [6.45, 7) is 0.0773. The molecule has 2 saturated carbocycles. The first-order valence-electron chi connectivity index (χ1n) is 11.1. The van der Waals surface area contributed by atoms with Gasteiger partial charge in [-0.2, -0.15) is 10.4 Å². The largest absolute Gasteiger partial charge is 0.473 e. The van der Waals surface area contributed by atoms with Gasteiger partial charge in [-0.25, -0.2) is 13.4 Å². The summed E-state index contributed by atoms with van der Waals surface area (Å²) in [6.07, 6.45) is 5.37. The second-order valence-electron chi connectivity index (χ2n) is 8.94. The molecule has 2 aliphatic carbocycles. The van der Waals surface area contributed by atoms with Crippen LogP contribution >= 0.6 is 0 Å². The van der Waals surface area contributed by atoms with E-state index >= 15 is 0 Å². The van der Waals surface area contributed by atoms with Gasteiger partial charge in [0.25, 0.3) is 17.3 Å². The monoisotopic (exact) mass is 494 g/mol. The van der Waals surface area contributed by atoms with E-state index in [0.29, 0.717) is 42.1 Å². The Hall–Kier alpha value is -3.85. The van der Waals surface area contributed by atoms with Gasteiger partial charge in [0.1, 0.15) is 34.2 Å². The molecule has 2 fully saturated rings. The molecule has 3 heterocycles. The Labute approximate surface area is 200 Å². The van der Waals surface area contributed by atoms with Crippen molar-refractivity contribution in [2.45, 2.75) is 42.2 Å². The SMILES string of the molecule is Cn1c(=O)c(C(=O)NCc2ccc(C#N)nc2)cc2cnnc(OCC3(S(=O)(=O)C4CC4)CC3)c21. The number of aromatic nitrogens is 4. The van der Waals surface area contributed by atoms with Gasteiger partial charge < -0.3 is 14.6 Å². The number of hydrogen-bond donors (Lipinski definition) is 1. The van der Waals surface area contributed by atoms with E-state index < -0.39 is 26.1 Å². The number of amides is 1. The van der Waals surface area contributed by atoms with E-state index in [1.165, 1.54) is 30.1 Å². The number of carbonyl (C=O) groups is 1. The van der Waals surface area contributed by atoms with Crippen molar-refractivity contribution in [1.29, 1.82) is 5.26 Å². The molecule has 1 N–H and O–H groups in total. The highest BCUT2D eigenvalue weighted by atomic mass is 32.2. The summed E-state index contributed by atoms with van der Waals surface area (Å²) in [7, 11) is -1.77. The highest BCUT2D eigenvalue weighted by molar-refractivity contribution is 7.94. The molecule has 2 aliphatic rings. The average Bonchev–Trinajstić information content (AvgIpc) is 3.77. The second kappa shape index (κ2) is 8.42. The summed E-state index contributed by atoms with van der Waals surface area (Å²) in [5.74, 6) is -0.529. The molecule has 3 aromatic heterocycles. The Morgan fingerprint density at radius 1 is 1.31 bits per heavy atom. The molecule has 3 aromatic rings. The minimum atomic E-state index is -3.26. The van der Waals surface area contributed by atoms with Crippen LogP contribution in [0.5, 0.6) is 5.88 Å². The maximum Gasteiger partial charge on any atom is 0.263 e. The van der Waals surface area contributed by atoms with Gasteiger partial charge in [-0.15, -0.1) is 5.10 Å². The van der Waals surface area contributed by atoms with Crippen LogP contribution in [0.4, 0.5) is 0 Å². The number of fused-ring (bicyclic) bond motifs is 1. The molecule has 0 saturated heterocycles. The van der Waals surface area contributed by atoms with Gasteiger partial charge in [-0.1, -0.05) is 6.07 Å². The molecule has 11 nitrogen and oxygen atoms in total. The lowest BCUT2D eigenvalue weighted by atomic mass is 10.2. The fourth-order valence-corrected chi connectivity index (χ4v) is 6.39. The number of aryl methyl sites for hydroxylation is 1. The molecule has 5 rings (SSSR count). The van der Waals surface area contributed by atoms with Crippen molar-refractivity contribution in [2.24, 2.45) is 7.05 Å². The van der Waals surface area contributed by atoms with Crippen molar-refractivity contribution in [2.75, 3.05) is 6.61 Å². The van der Waals surface area contributed by atoms with Crippen LogP contribution in [-0.4, -0.2) is 50.7 Å². The Morgan fingerprint density at radius 2 is 2.09 bits per heavy atom. The van der Waals surface area contributed by atoms with Gasteiger partial charge in [0.05, 0.1) is 11.4 Å². The van der Waals surface area contributed by atoms with Crippen molar-refractivity contribution in [3.05, 3.63) is 57.8 Å². The average molecular weight is 495 g/mol. The second-order valence-corrected chi connectivity index (χ2v) is 11.6. The van der Waals surface area contributed by atoms with Crippen LogP contribution in [0.15, 0.2) is 35.4 Å². The molecule has 12 heteroatoms. The Bertz CT molecular complexity index is 1530. The quantitative estimate of drug-likeness (QED) is 0.482. The first-order valence-corrected chi connectivity index (χ1v) is 12.7. The highest BCUT2D eigenvalue weighted by Gasteiger charge is 2.60. The zero-order valence-electron chi connectivity index (χ0n) is 18.9. The third-order valence-corrected chi connectivity index (χ3v) is 9.56. The minimum absolute atomic E-state index is 0.0469. The predicted molar refractivity (Wildman–Crippen MR) is 124 cm³/mol. The lowest BCUT2D eigenvalue weighted by Gasteiger charge is -2.17. The molecule has 0 aromatic carbocycles. The molecule has 0 spiro atoms. The molecular weight excluding hydrogens is 472 g/mol. The van der Waals surface area contributed by atoms with Gasteiger partial charge in [0, 0.05) is 25.2 Å². The number of rotatable bonds is 8. The van der Waals surface area contributed by atoms with Crippen molar-refractivity contribution in [3.8, 4) is 11.9 Å². The fraction of sp³-hybridized carbons (Fsp3) is 0.391. The molecule has 0 bridgehead atoms. The topological polar surface area (TPSA) is 157 Å². The van der Waals surface area contributed by atoms with Crippen LogP contribution in [0.1, 0.15) is 47.3 Å². The number of carbonyl (C=O) groups excluding carboxylic acids is 1. The van der Waals surface area contributed by atoms with Crippen LogP contribution in [0.2, 0.25) is 0 Å². The fourth-order valence-electron chi connectivity index (χ4n) is 4.03. The highest BCUT2D eigenvalue weighted by Crippen LogP contribution is 2.50. The van der Waals surface area contributed by atoms with Crippen molar-refractivity contribution < 1.29 is 17.9 Å². The van der Waals surface area contributed by atoms with Gasteiger partial charge in [-0.3, -0.25) is 9.59 Å². The van der Waals surface area contributed by atoms with Crippen LogP contribution < -0.4 is 15.6 Å². The number of hydrogen-bond acceptors (Lipinski definition) is 9. The minimum Gasteiger partial charge on any atom is -0.473 e. The summed E-state index contributed by atoms with van der Waals surface area (Å²) in [6, 6.07) is 6.54. The van der Waals surface area contributed by atoms with Gasteiger partial charge >= 0.3 is 0 Å². The van der Waals surface area contributed by atoms with E-state index in [1.807, 2.05) is 6.07 Å². The number of ether oxygens (including phenoxy) is 1. The van der Waals surface area contributed by atoms with Gasteiger partial charge in [0.2, 0.25) is 0 Å². The molecule has 1 amide bonds. The summed E-state index contributed by atoms with van der Waals surface area (Å²) < 4.78 is 31.7. The van der Waals surface area contributed by atoms with Gasteiger partial charge in [0.15, 0.2) is 9.84 Å². The van der Waals surface area contributed by atoms with E-state index in [2.05, 4.69) is 20.5 Å². The Morgan fingerprint density at radius 3 is 2.71 bits per heavy atom. The van der Waals surface area contributed by atoms with Crippen LogP contribution in [0, 0.1) is 11.3 Å². The summed E-state index contributed by atoms with van der Waals surface area (Å²) >= 11 is 0.